The minimum atomic E-state index is -1.18. The maximum Gasteiger partial charge on any atom is 0.307 e. The number of fused-ring (bicyclic) bond motifs is 1. The third kappa shape index (κ3) is 4.43. The predicted octanol–water partition coefficient (Wildman–Crippen LogP) is 3.22. The fraction of sp³-hybridized carbons (Fsp3) is 0.238. The quantitative estimate of drug-likeness (QED) is 0.554. The number of carbonyl (C=O) groups excluding carboxylic acids is 1. The van der Waals surface area contributed by atoms with E-state index in [-0.39, 0.29) is 25.0 Å². The van der Waals surface area contributed by atoms with Gasteiger partial charge in [0, 0.05) is 23.5 Å². The van der Waals surface area contributed by atoms with Crippen LogP contribution in [0.15, 0.2) is 48.7 Å². The van der Waals surface area contributed by atoms with Gasteiger partial charge in [0.2, 0.25) is 0 Å². The molecular weight excluding hydrogens is 366 g/mol. The van der Waals surface area contributed by atoms with Crippen LogP contribution in [0.25, 0.3) is 10.9 Å². The Balaban J connectivity index is 1.67. The lowest BCUT2D eigenvalue weighted by Crippen LogP contribution is -2.35. The molecule has 0 saturated heterocycles. The number of hydrogen-bond donors (Lipinski definition) is 3. The van der Waals surface area contributed by atoms with Crippen LogP contribution in [-0.2, 0) is 22.4 Å². The highest BCUT2D eigenvalue weighted by atomic mass is 19.2. The lowest BCUT2D eigenvalue weighted by atomic mass is 9.90. The average Bonchev–Trinajstić information content (AvgIpc) is 3.07. The summed E-state index contributed by atoms with van der Waals surface area (Å²) in [5.74, 6) is -4.69. The Labute approximate surface area is 160 Å². The SMILES string of the molecule is N[C@@H](Cc1c[nH]c2ccccc12)C(=O)CC(Cc1ccc(F)c(F)c1)C(=O)O. The van der Waals surface area contributed by atoms with Crippen molar-refractivity contribution in [2.45, 2.75) is 25.3 Å². The molecule has 0 aliphatic heterocycles. The predicted molar refractivity (Wildman–Crippen MR) is 101 cm³/mol. The number of aromatic nitrogens is 1. The van der Waals surface area contributed by atoms with Crippen molar-refractivity contribution in [3.05, 3.63) is 71.4 Å². The number of Topliss-reactive ketones (excluding diaryl/α,β-unsaturated/α-hetero) is 1. The van der Waals surface area contributed by atoms with E-state index in [2.05, 4.69) is 4.98 Å². The molecule has 1 unspecified atom stereocenters. The van der Waals surface area contributed by atoms with E-state index in [4.69, 9.17) is 5.73 Å². The van der Waals surface area contributed by atoms with Crippen LogP contribution in [-0.4, -0.2) is 27.9 Å². The minimum absolute atomic E-state index is 0.0852. The number of halogens is 2. The monoisotopic (exact) mass is 386 g/mol. The van der Waals surface area contributed by atoms with Gasteiger partial charge < -0.3 is 15.8 Å². The number of aliphatic carboxylic acids is 1. The number of hydrogen-bond acceptors (Lipinski definition) is 3. The Morgan fingerprint density at radius 2 is 1.82 bits per heavy atom. The minimum Gasteiger partial charge on any atom is -0.481 e. The van der Waals surface area contributed by atoms with Crippen molar-refractivity contribution in [3.63, 3.8) is 0 Å². The molecule has 0 amide bonds. The van der Waals surface area contributed by atoms with Gasteiger partial charge in [0.1, 0.15) is 0 Å². The first kappa shape index (κ1) is 19.7. The van der Waals surface area contributed by atoms with Crippen LogP contribution in [0.1, 0.15) is 17.5 Å². The number of benzene rings is 2. The second-order valence-corrected chi connectivity index (χ2v) is 6.83. The molecule has 2 aromatic carbocycles. The number of nitrogens with two attached hydrogens (primary N) is 1. The number of para-hydroxylation sites is 1. The number of carbonyl (C=O) groups is 2. The Morgan fingerprint density at radius 1 is 1.07 bits per heavy atom. The van der Waals surface area contributed by atoms with Crippen molar-refractivity contribution in [3.8, 4) is 0 Å². The number of aromatic amines is 1. The Morgan fingerprint density at radius 3 is 2.54 bits per heavy atom. The number of nitrogens with one attached hydrogen (secondary N) is 1. The van der Waals surface area contributed by atoms with Gasteiger partial charge in [0.15, 0.2) is 17.4 Å². The second-order valence-electron chi connectivity index (χ2n) is 6.83. The Hall–Kier alpha value is -3.06. The van der Waals surface area contributed by atoms with Gasteiger partial charge >= 0.3 is 5.97 Å². The topological polar surface area (TPSA) is 96.2 Å². The molecule has 28 heavy (non-hydrogen) atoms. The van der Waals surface area contributed by atoms with Gasteiger partial charge in [0.25, 0.3) is 0 Å². The molecule has 0 fully saturated rings. The van der Waals surface area contributed by atoms with E-state index < -0.39 is 29.6 Å². The molecule has 0 bridgehead atoms. The van der Waals surface area contributed by atoms with E-state index in [0.717, 1.165) is 28.6 Å². The molecule has 2 atom stereocenters. The first-order valence-electron chi connectivity index (χ1n) is 8.85. The van der Waals surface area contributed by atoms with Crippen molar-refractivity contribution in [1.29, 1.82) is 0 Å². The van der Waals surface area contributed by atoms with Crippen molar-refractivity contribution >= 4 is 22.7 Å². The highest BCUT2D eigenvalue weighted by Crippen LogP contribution is 2.21. The normalized spacial score (nSPS) is 13.4. The van der Waals surface area contributed by atoms with Crippen LogP contribution < -0.4 is 5.73 Å². The van der Waals surface area contributed by atoms with E-state index in [0.29, 0.717) is 5.56 Å². The lowest BCUT2D eigenvalue weighted by molar-refractivity contribution is -0.143. The summed E-state index contributed by atoms with van der Waals surface area (Å²) in [7, 11) is 0. The number of carboxylic acids is 1. The van der Waals surface area contributed by atoms with Crippen LogP contribution in [0.5, 0.6) is 0 Å². The zero-order chi connectivity index (χ0) is 20.3. The van der Waals surface area contributed by atoms with E-state index in [1.54, 1.807) is 6.20 Å². The van der Waals surface area contributed by atoms with Crippen LogP contribution in [0.2, 0.25) is 0 Å². The molecular formula is C21H20F2N2O3. The summed E-state index contributed by atoms with van der Waals surface area (Å²) in [5.41, 5.74) is 8.14. The molecule has 0 saturated carbocycles. The van der Waals surface area contributed by atoms with Crippen LogP contribution in [0, 0.1) is 17.6 Å². The largest absolute Gasteiger partial charge is 0.481 e. The molecule has 1 aromatic heterocycles. The third-order valence-corrected chi connectivity index (χ3v) is 4.79. The summed E-state index contributed by atoms with van der Waals surface area (Å²) < 4.78 is 26.4. The highest BCUT2D eigenvalue weighted by Gasteiger charge is 2.26. The summed E-state index contributed by atoms with van der Waals surface area (Å²) in [6.45, 7) is 0. The first-order chi connectivity index (χ1) is 13.3. The molecule has 4 N–H and O–H groups in total. The molecule has 146 valence electrons. The molecule has 3 aromatic rings. The average molecular weight is 386 g/mol. The number of rotatable bonds is 8. The van der Waals surface area contributed by atoms with Crippen molar-refractivity contribution in [2.24, 2.45) is 11.7 Å². The van der Waals surface area contributed by atoms with Crippen LogP contribution in [0.3, 0.4) is 0 Å². The van der Waals surface area contributed by atoms with Gasteiger partial charge in [-0.1, -0.05) is 24.3 Å². The van der Waals surface area contributed by atoms with Gasteiger partial charge in [-0.2, -0.15) is 0 Å². The van der Waals surface area contributed by atoms with E-state index in [1.807, 2.05) is 24.3 Å². The van der Waals surface area contributed by atoms with E-state index in [9.17, 15) is 23.5 Å². The summed E-state index contributed by atoms with van der Waals surface area (Å²) in [6, 6.07) is 9.95. The molecule has 1 heterocycles. The summed E-state index contributed by atoms with van der Waals surface area (Å²) in [5, 5.41) is 10.4. The molecule has 0 radical (unpaired) electrons. The van der Waals surface area contributed by atoms with Crippen LogP contribution in [0.4, 0.5) is 8.78 Å². The van der Waals surface area contributed by atoms with Crippen molar-refractivity contribution in [2.75, 3.05) is 0 Å². The van der Waals surface area contributed by atoms with Crippen molar-refractivity contribution < 1.29 is 23.5 Å². The van der Waals surface area contributed by atoms with E-state index >= 15 is 0 Å². The summed E-state index contributed by atoms with van der Waals surface area (Å²) in [4.78, 5) is 27.1. The zero-order valence-corrected chi connectivity index (χ0v) is 15.0. The summed E-state index contributed by atoms with van der Waals surface area (Å²) in [6.07, 6.45) is 1.70. The first-order valence-corrected chi connectivity index (χ1v) is 8.85. The highest BCUT2D eigenvalue weighted by molar-refractivity contribution is 5.89. The molecule has 0 aliphatic carbocycles. The molecule has 0 aliphatic rings. The van der Waals surface area contributed by atoms with Gasteiger partial charge in [0.05, 0.1) is 12.0 Å². The molecule has 0 spiro atoms. The van der Waals surface area contributed by atoms with Gasteiger partial charge in [-0.05, 0) is 42.2 Å². The Bertz CT molecular complexity index is 1020. The van der Waals surface area contributed by atoms with Crippen molar-refractivity contribution in [1.82, 2.24) is 4.98 Å². The standard InChI is InChI=1S/C21H20F2N2O3/c22-16-6-5-12(8-17(16)23)7-13(21(27)28)10-20(26)18(24)9-14-11-25-19-4-2-1-3-15(14)19/h1-6,8,11,13,18,25H,7,9-10,24H2,(H,27,28)/t13?,18-/m0/s1. The van der Waals surface area contributed by atoms with Gasteiger partial charge in [-0.15, -0.1) is 0 Å². The molecule has 7 heteroatoms. The zero-order valence-electron chi connectivity index (χ0n) is 15.0. The van der Waals surface area contributed by atoms with Gasteiger partial charge in [-0.3, -0.25) is 9.59 Å². The number of carboxylic acid groups (broad SMARTS) is 1. The van der Waals surface area contributed by atoms with E-state index in [1.165, 1.54) is 6.07 Å². The van der Waals surface area contributed by atoms with Gasteiger partial charge in [-0.25, -0.2) is 8.78 Å². The third-order valence-electron chi connectivity index (χ3n) is 4.79. The maximum atomic E-state index is 13.3. The smallest absolute Gasteiger partial charge is 0.307 e. The second kappa shape index (κ2) is 8.31. The summed E-state index contributed by atoms with van der Waals surface area (Å²) >= 11 is 0. The Kier molecular flexibility index (Phi) is 5.84. The number of ketones is 1. The lowest BCUT2D eigenvalue weighted by Gasteiger charge is -2.15. The fourth-order valence-electron chi connectivity index (χ4n) is 3.24. The van der Waals surface area contributed by atoms with Crippen LogP contribution >= 0.6 is 0 Å². The maximum absolute atomic E-state index is 13.3. The number of H-pyrrole nitrogens is 1. The fourth-order valence-corrected chi connectivity index (χ4v) is 3.24. The molecule has 3 rings (SSSR count). The molecule has 5 nitrogen and oxygen atoms in total.